The molecular formula is C16H20N2O. The smallest absolute Gasteiger partial charge is 0.124 e. The molecule has 3 nitrogen and oxygen atoms in total. The number of hydrogen-bond donors (Lipinski definition) is 1. The summed E-state index contributed by atoms with van der Waals surface area (Å²) < 4.78 is 5.78. The first-order chi connectivity index (χ1) is 9.29. The molecule has 0 spiro atoms. The van der Waals surface area contributed by atoms with Gasteiger partial charge in [-0.3, -0.25) is 0 Å². The monoisotopic (exact) mass is 256 g/mol. The third-order valence-corrected chi connectivity index (χ3v) is 4.40. The molecule has 100 valence electrons. The molecule has 0 amide bonds. The maximum absolute atomic E-state index is 9.21. The number of nitriles is 1. The lowest BCUT2D eigenvalue weighted by atomic mass is 9.90. The molecule has 4 unspecified atom stereocenters. The molecule has 1 aromatic rings. The predicted octanol–water partition coefficient (Wildman–Crippen LogP) is 3.04. The number of hydrogen-bond acceptors (Lipinski definition) is 3. The number of para-hydroxylation sites is 1. The fraction of sp³-hybridized carbons (Fsp3) is 0.562. The van der Waals surface area contributed by atoms with E-state index >= 15 is 0 Å². The first-order valence-electron chi connectivity index (χ1n) is 7.17. The quantitative estimate of drug-likeness (QED) is 0.884. The van der Waals surface area contributed by atoms with Crippen LogP contribution in [0.25, 0.3) is 0 Å². The van der Waals surface area contributed by atoms with Gasteiger partial charge in [-0.2, -0.15) is 5.26 Å². The molecule has 1 N–H and O–H groups in total. The molecular weight excluding hydrogens is 236 g/mol. The van der Waals surface area contributed by atoms with Crippen molar-refractivity contribution in [3.05, 3.63) is 29.8 Å². The minimum absolute atomic E-state index is 0.169. The Labute approximate surface area is 114 Å². The van der Waals surface area contributed by atoms with Crippen molar-refractivity contribution in [1.29, 1.82) is 5.26 Å². The summed E-state index contributed by atoms with van der Waals surface area (Å²) in [6, 6.07) is 11.3. The maximum Gasteiger partial charge on any atom is 0.124 e. The summed E-state index contributed by atoms with van der Waals surface area (Å²) in [6.07, 6.45) is 3.31. The Morgan fingerprint density at radius 3 is 3.00 bits per heavy atom. The summed E-state index contributed by atoms with van der Waals surface area (Å²) in [5.41, 5.74) is 1.24. The topological polar surface area (TPSA) is 45.0 Å². The van der Waals surface area contributed by atoms with E-state index in [1.54, 1.807) is 0 Å². The van der Waals surface area contributed by atoms with Gasteiger partial charge in [0.05, 0.1) is 18.6 Å². The largest absolute Gasteiger partial charge is 0.493 e. The lowest BCUT2D eigenvalue weighted by Crippen LogP contribution is -2.41. The number of benzene rings is 1. The number of ether oxygens (including phenoxy) is 1. The Hall–Kier alpha value is -1.53. The van der Waals surface area contributed by atoms with Crippen molar-refractivity contribution in [1.82, 2.24) is 5.32 Å². The van der Waals surface area contributed by atoms with Crippen LogP contribution >= 0.6 is 0 Å². The number of nitrogens with one attached hydrogen (secondary N) is 1. The zero-order valence-corrected chi connectivity index (χ0v) is 11.3. The Balaban J connectivity index is 1.82. The highest BCUT2D eigenvalue weighted by atomic mass is 16.5. The van der Waals surface area contributed by atoms with E-state index in [-0.39, 0.29) is 5.92 Å². The van der Waals surface area contributed by atoms with E-state index in [4.69, 9.17) is 4.74 Å². The first-order valence-corrected chi connectivity index (χ1v) is 7.17. The fourth-order valence-corrected chi connectivity index (χ4v) is 3.29. The van der Waals surface area contributed by atoms with Crippen molar-refractivity contribution >= 4 is 0 Å². The van der Waals surface area contributed by atoms with Crippen molar-refractivity contribution in [3.8, 4) is 11.8 Å². The van der Waals surface area contributed by atoms with Gasteiger partial charge in [0.2, 0.25) is 0 Å². The van der Waals surface area contributed by atoms with Gasteiger partial charge in [-0.1, -0.05) is 31.5 Å². The van der Waals surface area contributed by atoms with E-state index < -0.39 is 0 Å². The van der Waals surface area contributed by atoms with E-state index in [2.05, 4.69) is 30.4 Å². The van der Waals surface area contributed by atoms with Crippen molar-refractivity contribution in [3.63, 3.8) is 0 Å². The van der Waals surface area contributed by atoms with E-state index in [1.165, 1.54) is 5.56 Å². The summed E-state index contributed by atoms with van der Waals surface area (Å²) >= 11 is 0. The summed E-state index contributed by atoms with van der Waals surface area (Å²) in [5, 5.41) is 12.9. The highest BCUT2D eigenvalue weighted by Crippen LogP contribution is 2.37. The van der Waals surface area contributed by atoms with E-state index in [1.807, 2.05) is 12.1 Å². The van der Waals surface area contributed by atoms with Gasteiger partial charge >= 0.3 is 0 Å². The van der Waals surface area contributed by atoms with Crippen LogP contribution in [-0.2, 0) is 0 Å². The van der Waals surface area contributed by atoms with Crippen LogP contribution in [0.4, 0.5) is 0 Å². The fourth-order valence-electron chi connectivity index (χ4n) is 3.29. The molecule has 1 fully saturated rings. The first kappa shape index (κ1) is 12.5. The molecule has 1 heterocycles. The molecule has 1 aromatic carbocycles. The summed E-state index contributed by atoms with van der Waals surface area (Å²) in [4.78, 5) is 0. The summed E-state index contributed by atoms with van der Waals surface area (Å²) in [6.45, 7) is 2.96. The van der Waals surface area contributed by atoms with Gasteiger partial charge in [-0.15, -0.1) is 0 Å². The highest BCUT2D eigenvalue weighted by molar-refractivity contribution is 5.38. The van der Waals surface area contributed by atoms with Crippen LogP contribution < -0.4 is 10.1 Å². The third kappa shape index (κ3) is 2.33. The van der Waals surface area contributed by atoms with Gasteiger partial charge in [-0.25, -0.2) is 0 Å². The van der Waals surface area contributed by atoms with Gasteiger partial charge < -0.3 is 10.1 Å². The minimum Gasteiger partial charge on any atom is -0.493 e. The van der Waals surface area contributed by atoms with Gasteiger partial charge in [0.25, 0.3) is 0 Å². The van der Waals surface area contributed by atoms with Crippen LogP contribution in [-0.4, -0.2) is 12.6 Å². The highest BCUT2D eigenvalue weighted by Gasteiger charge is 2.34. The molecule has 0 bridgehead atoms. The molecule has 3 rings (SSSR count). The molecule has 3 heteroatoms. The number of fused-ring (bicyclic) bond motifs is 1. The third-order valence-electron chi connectivity index (χ3n) is 4.40. The van der Waals surface area contributed by atoms with Gasteiger partial charge in [-0.05, 0) is 18.9 Å². The molecule has 1 aliphatic carbocycles. The molecule has 0 aromatic heterocycles. The van der Waals surface area contributed by atoms with Crippen LogP contribution in [0.5, 0.6) is 5.75 Å². The van der Waals surface area contributed by atoms with Crippen LogP contribution in [0.2, 0.25) is 0 Å². The standard InChI is InChI=1S/C16H20N2O/c1-11-10-19-15-8-3-2-6-13(15)16(11)18-14-7-4-5-12(14)9-17/h2-3,6,8,11-12,14,16,18H,4-5,7,10H2,1H3. The zero-order chi connectivity index (χ0) is 13.2. The summed E-state index contributed by atoms with van der Waals surface area (Å²) in [7, 11) is 0. The Bertz CT molecular complexity index is 494. The minimum atomic E-state index is 0.169. The van der Waals surface area contributed by atoms with Crippen LogP contribution in [0.1, 0.15) is 37.8 Å². The molecule has 2 aliphatic rings. The van der Waals surface area contributed by atoms with Gasteiger partial charge in [0.15, 0.2) is 0 Å². The Kier molecular flexibility index (Phi) is 3.44. The molecule has 0 saturated heterocycles. The van der Waals surface area contributed by atoms with Gasteiger partial charge in [0, 0.05) is 23.6 Å². The second kappa shape index (κ2) is 5.22. The van der Waals surface area contributed by atoms with E-state index in [0.29, 0.717) is 18.0 Å². The van der Waals surface area contributed by atoms with Crippen LogP contribution in [0.3, 0.4) is 0 Å². The average Bonchev–Trinajstić information content (AvgIpc) is 2.89. The van der Waals surface area contributed by atoms with Crippen LogP contribution in [0.15, 0.2) is 24.3 Å². The van der Waals surface area contributed by atoms with Crippen molar-refractivity contribution in [2.24, 2.45) is 11.8 Å². The van der Waals surface area contributed by atoms with E-state index in [9.17, 15) is 5.26 Å². The van der Waals surface area contributed by atoms with Crippen molar-refractivity contribution in [2.45, 2.75) is 38.3 Å². The SMILES string of the molecule is CC1COc2ccccc2C1NC1CCCC1C#N. The lowest BCUT2D eigenvalue weighted by Gasteiger charge is -2.34. The molecule has 0 radical (unpaired) electrons. The van der Waals surface area contributed by atoms with Crippen molar-refractivity contribution < 1.29 is 4.74 Å². The second-order valence-electron chi connectivity index (χ2n) is 5.74. The van der Waals surface area contributed by atoms with Gasteiger partial charge in [0.1, 0.15) is 5.75 Å². The maximum atomic E-state index is 9.21. The van der Waals surface area contributed by atoms with Crippen molar-refractivity contribution in [2.75, 3.05) is 6.61 Å². The number of nitrogens with zero attached hydrogens (tertiary/aromatic N) is 1. The Morgan fingerprint density at radius 1 is 1.32 bits per heavy atom. The second-order valence-corrected chi connectivity index (χ2v) is 5.74. The predicted molar refractivity (Wildman–Crippen MR) is 73.7 cm³/mol. The van der Waals surface area contributed by atoms with E-state index in [0.717, 1.165) is 31.6 Å². The molecule has 1 saturated carbocycles. The van der Waals surface area contributed by atoms with Crippen LogP contribution in [0, 0.1) is 23.2 Å². The zero-order valence-electron chi connectivity index (χ0n) is 11.3. The molecule has 4 atom stereocenters. The summed E-state index contributed by atoms with van der Waals surface area (Å²) in [5.74, 6) is 1.60. The molecule has 19 heavy (non-hydrogen) atoms. The number of rotatable bonds is 2. The molecule has 1 aliphatic heterocycles. The lowest BCUT2D eigenvalue weighted by molar-refractivity contribution is 0.177. The Morgan fingerprint density at radius 2 is 2.16 bits per heavy atom. The normalized spacial score (nSPS) is 33.3. The average molecular weight is 256 g/mol.